The van der Waals surface area contributed by atoms with Gasteiger partial charge in [-0.25, -0.2) is 0 Å². The first-order valence-electron chi connectivity index (χ1n) is 6.27. The van der Waals surface area contributed by atoms with E-state index in [4.69, 9.17) is 96.9 Å². The van der Waals surface area contributed by atoms with Gasteiger partial charge in [0.15, 0.2) is 17.2 Å². The number of rotatable bonds is 6. The minimum absolute atomic E-state index is 0.0265. The molecule has 0 atom stereocenters. The fraction of sp³-hybridized carbons (Fsp3) is 0.0769. The molecule has 0 spiro atoms. The topological polar surface area (TPSA) is 55.4 Å². The lowest BCUT2D eigenvalue weighted by Gasteiger charge is -2.15. The van der Waals surface area contributed by atoms with Crippen molar-refractivity contribution in [2.24, 2.45) is 0 Å². The van der Waals surface area contributed by atoms with Crippen molar-refractivity contribution in [3.8, 4) is 45.6 Å². The molecule has 0 aliphatic heterocycles. The molecule has 0 saturated carbocycles. The van der Waals surface area contributed by atoms with Crippen molar-refractivity contribution < 1.29 is 25.7 Å². The third kappa shape index (κ3) is 2.81. The summed E-state index contributed by atoms with van der Waals surface area (Å²) in [5.74, 6) is 0.194. The Bertz CT molecular complexity index is 830. The number of hydrogen-bond acceptors (Lipinski definition) is 6. The summed E-state index contributed by atoms with van der Waals surface area (Å²) in [7, 11) is 0. The Kier molecular flexibility index (Phi) is 5.78. The van der Waals surface area contributed by atoms with Crippen molar-refractivity contribution in [2.75, 3.05) is 0 Å². The molecular weight excluding hydrogens is 465 g/mol. The third-order valence-electron chi connectivity index (χ3n) is 3.74. The van der Waals surface area contributed by atoms with Gasteiger partial charge in [-0.2, -0.15) is 0 Å². The van der Waals surface area contributed by atoms with Crippen LogP contribution in [0.5, 0.6) is 34.5 Å². The van der Waals surface area contributed by atoms with Crippen LogP contribution in [0.1, 0.15) is 11.1 Å². The molecule has 12 heteroatoms. The van der Waals surface area contributed by atoms with Gasteiger partial charge < -0.3 is 25.7 Å². The second-order valence-electron chi connectivity index (χ2n) is 4.73. The van der Waals surface area contributed by atoms with Crippen molar-refractivity contribution >= 4 is 71.2 Å². The van der Waals surface area contributed by atoms with Crippen LogP contribution in [-0.2, 0) is 6.42 Å². The zero-order chi connectivity index (χ0) is 18.1. The van der Waals surface area contributed by atoms with Gasteiger partial charge in [0.2, 0.25) is 17.2 Å². The quantitative estimate of drug-likeness (QED) is 0.414. The van der Waals surface area contributed by atoms with Gasteiger partial charge in [-0.1, -0.05) is 0 Å². The minimum Gasteiger partial charge on any atom is -0.382 e. The van der Waals surface area contributed by atoms with E-state index in [0.29, 0.717) is 22.3 Å². The van der Waals surface area contributed by atoms with E-state index in [0.717, 1.165) is 0 Å². The first-order chi connectivity index (χ1) is 12.2. The maximum atomic E-state index is 5.60. The van der Waals surface area contributed by atoms with Gasteiger partial charge in [0, 0.05) is 23.1 Å². The Morgan fingerprint density at radius 2 is 1.12 bits per heavy atom. The first kappa shape index (κ1) is 18.8. The summed E-state index contributed by atoms with van der Waals surface area (Å²) in [6, 6.07) is 3.21. The predicted molar refractivity (Wildman–Crippen MR) is 93.6 cm³/mol. The van der Waals surface area contributed by atoms with Crippen LogP contribution in [-0.4, -0.2) is 0 Å². The van der Waals surface area contributed by atoms with Crippen LogP contribution >= 0.6 is 71.2 Å². The molecule has 25 heavy (non-hydrogen) atoms. The Hall–Kier alpha value is -1.02. The normalized spacial score (nSPS) is 11.4. The smallest absolute Gasteiger partial charge is 0.239 e. The summed E-state index contributed by atoms with van der Waals surface area (Å²) in [6.07, 6.45) is 0.228. The first-order valence-corrected chi connectivity index (χ1v) is 8.12. The standard InChI is InChI=1S/C13H4Cl6O6/c14-20-7-2-1-4-5(9(7)21-15)3-6-8(4)11(23-17)13(25-19)12(24-18)10(6)22-16/h1-2H,3H2. The summed E-state index contributed by atoms with van der Waals surface area (Å²) < 4.78 is 28.9. The monoisotopic (exact) mass is 466 g/mol. The van der Waals surface area contributed by atoms with Gasteiger partial charge in [-0.05, 0) is 17.7 Å². The number of benzene rings is 2. The summed E-state index contributed by atoms with van der Waals surface area (Å²) in [5, 5.41) is 0. The molecule has 0 bridgehead atoms. The van der Waals surface area contributed by atoms with Crippen LogP contribution in [0.15, 0.2) is 12.1 Å². The molecule has 6 nitrogen and oxygen atoms in total. The van der Waals surface area contributed by atoms with E-state index in [2.05, 4.69) is 0 Å². The molecular formula is C13H4Cl6O6. The molecule has 3 rings (SSSR count). The van der Waals surface area contributed by atoms with Crippen LogP contribution < -0.4 is 25.7 Å². The van der Waals surface area contributed by atoms with Crippen molar-refractivity contribution in [1.82, 2.24) is 0 Å². The minimum atomic E-state index is -0.139. The summed E-state index contributed by atoms with van der Waals surface area (Å²) in [4.78, 5) is 0. The van der Waals surface area contributed by atoms with Gasteiger partial charge in [0.05, 0.1) is 0 Å². The molecule has 2 aromatic rings. The maximum absolute atomic E-state index is 5.60. The van der Waals surface area contributed by atoms with E-state index in [-0.39, 0.29) is 40.9 Å². The SMILES string of the molecule is ClOc1ccc2c(c1OCl)Cc1c(OCl)c(OCl)c(OCl)c(OCl)c1-2. The molecule has 2 aromatic carbocycles. The van der Waals surface area contributed by atoms with Crippen LogP contribution in [0.25, 0.3) is 11.1 Å². The molecule has 0 saturated heterocycles. The largest absolute Gasteiger partial charge is 0.382 e. The Morgan fingerprint density at radius 3 is 1.64 bits per heavy atom. The molecule has 0 amide bonds. The van der Waals surface area contributed by atoms with Crippen LogP contribution in [0.2, 0.25) is 0 Å². The summed E-state index contributed by atoms with van der Waals surface area (Å²) >= 11 is 33.2. The fourth-order valence-corrected chi connectivity index (χ4v) is 3.68. The zero-order valence-electron chi connectivity index (χ0n) is 11.6. The van der Waals surface area contributed by atoms with E-state index in [1.54, 1.807) is 6.07 Å². The lowest BCUT2D eigenvalue weighted by Crippen LogP contribution is -1.96. The van der Waals surface area contributed by atoms with E-state index < -0.39 is 0 Å². The van der Waals surface area contributed by atoms with Gasteiger partial charge in [-0.15, -0.1) is 0 Å². The van der Waals surface area contributed by atoms with Crippen LogP contribution in [0.3, 0.4) is 0 Å². The predicted octanol–water partition coefficient (Wildman–Crippen LogP) is 6.45. The fourth-order valence-electron chi connectivity index (χ4n) is 2.79. The Morgan fingerprint density at radius 1 is 0.560 bits per heavy atom. The average Bonchev–Trinajstić information content (AvgIpc) is 3.03. The number of hydrogen-bond donors (Lipinski definition) is 0. The lowest BCUT2D eigenvalue weighted by atomic mass is 10.0. The zero-order valence-corrected chi connectivity index (χ0v) is 16.1. The van der Waals surface area contributed by atoms with Crippen molar-refractivity contribution in [3.63, 3.8) is 0 Å². The van der Waals surface area contributed by atoms with E-state index >= 15 is 0 Å². The van der Waals surface area contributed by atoms with Crippen LogP contribution in [0, 0.1) is 0 Å². The molecule has 1 aliphatic carbocycles. The molecule has 0 fully saturated rings. The van der Waals surface area contributed by atoms with Gasteiger partial charge in [-0.3, -0.25) is 0 Å². The maximum Gasteiger partial charge on any atom is 0.239 e. The number of halogens is 6. The molecule has 0 heterocycles. The molecule has 0 radical (unpaired) electrons. The average molecular weight is 469 g/mol. The summed E-state index contributed by atoms with van der Waals surface area (Å²) in [5.41, 5.74) is 2.19. The van der Waals surface area contributed by atoms with Crippen molar-refractivity contribution in [3.05, 3.63) is 23.3 Å². The Balaban J connectivity index is 2.38. The van der Waals surface area contributed by atoms with Gasteiger partial charge in [0.25, 0.3) is 0 Å². The summed E-state index contributed by atoms with van der Waals surface area (Å²) in [6.45, 7) is 0. The molecule has 1 aliphatic rings. The van der Waals surface area contributed by atoms with Crippen molar-refractivity contribution in [1.29, 1.82) is 0 Å². The highest BCUT2D eigenvalue weighted by atomic mass is 35.5. The van der Waals surface area contributed by atoms with E-state index in [1.807, 2.05) is 0 Å². The Labute approximate surface area is 171 Å². The highest BCUT2D eigenvalue weighted by Gasteiger charge is 2.37. The molecule has 0 unspecified atom stereocenters. The van der Waals surface area contributed by atoms with Gasteiger partial charge >= 0.3 is 0 Å². The third-order valence-corrected chi connectivity index (χ3v) is 4.68. The van der Waals surface area contributed by atoms with Crippen molar-refractivity contribution in [2.45, 2.75) is 6.42 Å². The van der Waals surface area contributed by atoms with E-state index in [1.165, 1.54) is 6.07 Å². The highest BCUT2D eigenvalue weighted by Crippen LogP contribution is 2.60. The van der Waals surface area contributed by atoms with Crippen LogP contribution in [0.4, 0.5) is 0 Å². The van der Waals surface area contributed by atoms with Gasteiger partial charge in [0.1, 0.15) is 71.2 Å². The second-order valence-corrected chi connectivity index (χ2v) is 5.65. The highest BCUT2D eigenvalue weighted by molar-refractivity contribution is 6.15. The molecule has 0 N–H and O–H groups in total. The molecule has 134 valence electrons. The second kappa shape index (κ2) is 7.70. The number of fused-ring (bicyclic) bond motifs is 3. The van der Waals surface area contributed by atoms with E-state index in [9.17, 15) is 0 Å². The lowest BCUT2D eigenvalue weighted by molar-refractivity contribution is 0.481. The molecule has 0 aromatic heterocycles.